The molecule has 2 saturated heterocycles. The average Bonchev–Trinajstić information content (AvgIpc) is 2.71. The molecule has 0 saturated carbocycles. The van der Waals surface area contributed by atoms with E-state index >= 15 is 0 Å². The second-order valence-corrected chi connectivity index (χ2v) is 5.53. The molecule has 9 atom stereocenters. The topological polar surface area (TPSA) is 161 Å². The number of rotatable bonds is 4. The number of nitrogens with two attached hydrogens (primary N) is 2. The lowest BCUT2D eigenvalue weighted by Crippen LogP contribution is -2.60. The van der Waals surface area contributed by atoms with Crippen molar-refractivity contribution < 1.29 is 34.6 Å². The molecule has 2 aliphatic rings. The average molecular weight is 308 g/mol. The van der Waals surface area contributed by atoms with Crippen molar-refractivity contribution in [3.63, 3.8) is 0 Å². The van der Waals surface area contributed by atoms with E-state index in [0.717, 1.165) is 0 Å². The highest BCUT2D eigenvalue weighted by molar-refractivity contribution is 4.93. The zero-order valence-corrected chi connectivity index (χ0v) is 11.8. The highest BCUT2D eigenvalue weighted by Gasteiger charge is 2.45. The minimum Gasteiger partial charge on any atom is -0.389 e. The van der Waals surface area contributed by atoms with Crippen LogP contribution in [0.1, 0.15) is 6.92 Å². The van der Waals surface area contributed by atoms with E-state index in [-0.39, 0.29) is 19.3 Å². The fraction of sp³-hybridized carbons (Fsp3) is 1.00. The van der Waals surface area contributed by atoms with Crippen molar-refractivity contribution in [1.29, 1.82) is 0 Å². The molecule has 0 aliphatic carbocycles. The van der Waals surface area contributed by atoms with Crippen LogP contribution in [0.2, 0.25) is 0 Å². The summed E-state index contributed by atoms with van der Waals surface area (Å²) in [6, 6.07) is -0.514. The second-order valence-electron chi connectivity index (χ2n) is 5.53. The molecule has 124 valence electrons. The Balaban J connectivity index is 1.90. The monoisotopic (exact) mass is 308 g/mol. The molecule has 2 heterocycles. The van der Waals surface area contributed by atoms with Gasteiger partial charge in [0.1, 0.15) is 30.5 Å². The lowest BCUT2D eigenvalue weighted by atomic mass is 9.99. The Bertz CT molecular complexity index is 346. The first-order valence-corrected chi connectivity index (χ1v) is 6.97. The van der Waals surface area contributed by atoms with Crippen molar-refractivity contribution in [3.8, 4) is 0 Å². The molecule has 2 fully saturated rings. The molecule has 0 aromatic heterocycles. The summed E-state index contributed by atoms with van der Waals surface area (Å²) >= 11 is 0. The van der Waals surface area contributed by atoms with E-state index in [0.29, 0.717) is 0 Å². The van der Waals surface area contributed by atoms with Gasteiger partial charge >= 0.3 is 0 Å². The first kappa shape index (κ1) is 17.0. The standard InChI is InChI=1S/C12H24N2O7/c1-4-7(14)8(15)6(20-4)3-19-12-11(18)10(17)9(16)5(2-13)21-12/h4-12,15-18H,2-3,13-14H2,1H3/t4-,5-,6-,7-,8-,9-,10+,11-,12?/m1/s1. The predicted molar refractivity (Wildman–Crippen MR) is 70.0 cm³/mol. The van der Waals surface area contributed by atoms with Gasteiger partial charge in [-0.15, -0.1) is 0 Å². The molecular formula is C12H24N2O7. The van der Waals surface area contributed by atoms with Crippen LogP contribution < -0.4 is 11.5 Å². The van der Waals surface area contributed by atoms with E-state index in [2.05, 4.69) is 0 Å². The Kier molecular flexibility index (Phi) is 5.52. The van der Waals surface area contributed by atoms with Gasteiger partial charge in [0.15, 0.2) is 6.29 Å². The first-order valence-electron chi connectivity index (χ1n) is 6.97. The number of aliphatic hydroxyl groups is 4. The number of aliphatic hydroxyl groups excluding tert-OH is 4. The van der Waals surface area contributed by atoms with Crippen LogP contribution in [0.3, 0.4) is 0 Å². The van der Waals surface area contributed by atoms with Crippen LogP contribution in [0.5, 0.6) is 0 Å². The summed E-state index contributed by atoms with van der Waals surface area (Å²) in [5, 5.41) is 39.1. The summed E-state index contributed by atoms with van der Waals surface area (Å²) in [5.74, 6) is 0. The summed E-state index contributed by atoms with van der Waals surface area (Å²) in [6.07, 6.45) is -7.99. The van der Waals surface area contributed by atoms with Crippen LogP contribution in [0.4, 0.5) is 0 Å². The zero-order valence-electron chi connectivity index (χ0n) is 11.8. The van der Waals surface area contributed by atoms with Gasteiger partial charge in [0.25, 0.3) is 0 Å². The molecule has 2 aliphatic heterocycles. The third-order valence-electron chi connectivity index (χ3n) is 4.03. The Hall–Kier alpha value is -0.360. The SMILES string of the molecule is C[C@H]1O[C@H](COC2O[C@H](CN)[C@@H](O)[C@H](O)[C@H]2O)[C@@H](O)[C@@H]1N. The summed E-state index contributed by atoms with van der Waals surface area (Å²) in [6.45, 7) is 1.64. The van der Waals surface area contributed by atoms with Crippen molar-refractivity contribution in [2.45, 2.75) is 62.0 Å². The Morgan fingerprint density at radius 2 is 1.62 bits per heavy atom. The van der Waals surface area contributed by atoms with Crippen LogP contribution in [-0.2, 0) is 14.2 Å². The highest BCUT2D eigenvalue weighted by atomic mass is 16.7. The third kappa shape index (κ3) is 3.36. The van der Waals surface area contributed by atoms with Crippen molar-refractivity contribution in [2.75, 3.05) is 13.2 Å². The molecule has 2 rings (SSSR count). The Labute approximate surface area is 122 Å². The van der Waals surface area contributed by atoms with Crippen molar-refractivity contribution in [1.82, 2.24) is 0 Å². The molecule has 1 unspecified atom stereocenters. The highest BCUT2D eigenvalue weighted by Crippen LogP contribution is 2.24. The number of ether oxygens (including phenoxy) is 3. The maximum absolute atomic E-state index is 9.87. The van der Waals surface area contributed by atoms with E-state index in [1.807, 2.05) is 0 Å². The van der Waals surface area contributed by atoms with Gasteiger partial charge in [0.05, 0.1) is 24.9 Å². The summed E-state index contributed by atoms with van der Waals surface area (Å²) < 4.78 is 16.1. The minimum absolute atomic E-state index is 0.0325. The van der Waals surface area contributed by atoms with Gasteiger partial charge in [-0.2, -0.15) is 0 Å². The molecule has 0 spiro atoms. The smallest absolute Gasteiger partial charge is 0.186 e. The number of hydrogen-bond donors (Lipinski definition) is 6. The maximum atomic E-state index is 9.87. The largest absolute Gasteiger partial charge is 0.389 e. The predicted octanol–water partition coefficient (Wildman–Crippen LogP) is -3.76. The van der Waals surface area contributed by atoms with Crippen LogP contribution in [0.15, 0.2) is 0 Å². The Morgan fingerprint density at radius 1 is 0.952 bits per heavy atom. The van der Waals surface area contributed by atoms with Crippen molar-refractivity contribution in [3.05, 3.63) is 0 Å². The molecular weight excluding hydrogens is 284 g/mol. The zero-order chi connectivity index (χ0) is 15.7. The Morgan fingerprint density at radius 3 is 2.14 bits per heavy atom. The molecule has 0 aromatic rings. The lowest BCUT2D eigenvalue weighted by Gasteiger charge is -2.40. The molecule has 9 heteroatoms. The molecule has 0 radical (unpaired) electrons. The summed E-state index contributed by atoms with van der Waals surface area (Å²) in [5.41, 5.74) is 11.2. The summed E-state index contributed by atoms with van der Waals surface area (Å²) in [7, 11) is 0. The third-order valence-corrected chi connectivity index (χ3v) is 4.03. The summed E-state index contributed by atoms with van der Waals surface area (Å²) in [4.78, 5) is 0. The van der Waals surface area contributed by atoms with Gasteiger partial charge < -0.3 is 46.1 Å². The maximum Gasteiger partial charge on any atom is 0.186 e. The van der Waals surface area contributed by atoms with E-state index in [9.17, 15) is 20.4 Å². The van der Waals surface area contributed by atoms with Gasteiger partial charge in [-0.05, 0) is 6.92 Å². The first-order chi connectivity index (χ1) is 9.86. The lowest BCUT2D eigenvalue weighted by molar-refractivity contribution is -0.299. The van der Waals surface area contributed by atoms with E-state index in [1.165, 1.54) is 0 Å². The van der Waals surface area contributed by atoms with E-state index in [1.54, 1.807) is 6.92 Å². The second kappa shape index (κ2) is 6.82. The van der Waals surface area contributed by atoms with E-state index in [4.69, 9.17) is 25.7 Å². The van der Waals surface area contributed by atoms with Crippen LogP contribution in [-0.4, -0.2) is 88.6 Å². The van der Waals surface area contributed by atoms with Crippen molar-refractivity contribution >= 4 is 0 Å². The quantitative estimate of drug-likeness (QED) is 0.306. The fourth-order valence-corrected chi connectivity index (χ4v) is 2.55. The molecule has 0 amide bonds. The molecule has 8 N–H and O–H groups in total. The number of hydrogen-bond acceptors (Lipinski definition) is 9. The van der Waals surface area contributed by atoms with Crippen LogP contribution in [0, 0.1) is 0 Å². The van der Waals surface area contributed by atoms with Crippen LogP contribution in [0.25, 0.3) is 0 Å². The van der Waals surface area contributed by atoms with Gasteiger partial charge in [-0.25, -0.2) is 0 Å². The van der Waals surface area contributed by atoms with Gasteiger partial charge in [-0.3, -0.25) is 0 Å². The van der Waals surface area contributed by atoms with E-state index < -0.39 is 49.0 Å². The molecule has 9 nitrogen and oxygen atoms in total. The molecule has 0 aromatic carbocycles. The normalized spacial score (nSPS) is 51.3. The molecule has 21 heavy (non-hydrogen) atoms. The van der Waals surface area contributed by atoms with Crippen LogP contribution >= 0.6 is 0 Å². The van der Waals surface area contributed by atoms with Gasteiger partial charge in [-0.1, -0.05) is 0 Å². The van der Waals surface area contributed by atoms with Gasteiger partial charge in [0.2, 0.25) is 0 Å². The fourth-order valence-electron chi connectivity index (χ4n) is 2.55. The van der Waals surface area contributed by atoms with Crippen molar-refractivity contribution in [2.24, 2.45) is 11.5 Å². The minimum atomic E-state index is -1.42. The van der Waals surface area contributed by atoms with Gasteiger partial charge in [0, 0.05) is 6.54 Å². The molecule has 0 bridgehead atoms.